The maximum absolute atomic E-state index is 15.1. The fraction of sp³-hybridized carbons (Fsp3) is 0.542. The number of fused-ring (bicyclic) bond motifs is 1. The molecule has 0 saturated carbocycles. The number of carbonyl (C=O) groups excluding carboxylic acids is 1. The number of nitroso groups, excluding NO2 is 1. The number of nitrogens with zero attached hydrogens (tertiary/aromatic N) is 6. The smallest absolute Gasteiger partial charge is 0.410 e. The van der Waals surface area contributed by atoms with Crippen LogP contribution in [0.15, 0.2) is 23.5 Å². The van der Waals surface area contributed by atoms with E-state index < -0.39 is 11.4 Å². The highest BCUT2D eigenvalue weighted by Gasteiger charge is 2.28. The first-order valence-corrected chi connectivity index (χ1v) is 12.2. The van der Waals surface area contributed by atoms with Crippen LogP contribution in [0.5, 0.6) is 0 Å². The van der Waals surface area contributed by atoms with Gasteiger partial charge >= 0.3 is 6.09 Å². The van der Waals surface area contributed by atoms with Gasteiger partial charge in [-0.2, -0.15) is 5.10 Å². The Morgan fingerprint density at radius 2 is 2.00 bits per heavy atom. The van der Waals surface area contributed by atoms with Crippen molar-refractivity contribution in [3.8, 4) is 11.5 Å². The molecule has 4 heterocycles. The molecule has 0 spiro atoms. The molecule has 1 unspecified atom stereocenters. The molecule has 2 saturated heterocycles. The maximum Gasteiger partial charge on any atom is 0.410 e. The molecule has 2 aliphatic heterocycles. The van der Waals surface area contributed by atoms with Gasteiger partial charge in [-0.3, -0.25) is 0 Å². The number of aromatic amines is 1. The second kappa shape index (κ2) is 9.49. The Labute approximate surface area is 207 Å². The molecule has 5 rings (SSSR count). The van der Waals surface area contributed by atoms with Gasteiger partial charge in [-0.15, -0.1) is 4.91 Å². The third-order valence-electron chi connectivity index (χ3n) is 6.31. The zero-order valence-corrected chi connectivity index (χ0v) is 20.7. The van der Waals surface area contributed by atoms with E-state index in [-0.39, 0.29) is 18.0 Å². The molecule has 1 amide bonds. The van der Waals surface area contributed by atoms with Gasteiger partial charge < -0.3 is 24.3 Å². The SMILES string of the molecule is CC(C)(C)OC(=O)N1CCN(c2cc3[nH]c(-c4nn(C5CCCCO5)cc4N=O)nc3cc2F)CC1. The van der Waals surface area contributed by atoms with Crippen LogP contribution in [0.2, 0.25) is 0 Å². The summed E-state index contributed by atoms with van der Waals surface area (Å²) in [7, 11) is 0. The molecule has 2 fully saturated rings. The van der Waals surface area contributed by atoms with Crippen molar-refractivity contribution in [2.75, 3.05) is 37.7 Å². The molecule has 0 aliphatic carbocycles. The van der Waals surface area contributed by atoms with Gasteiger partial charge in [-0.25, -0.2) is 18.9 Å². The van der Waals surface area contributed by atoms with E-state index in [1.807, 2.05) is 25.7 Å². The number of H-pyrrole nitrogens is 1. The summed E-state index contributed by atoms with van der Waals surface area (Å²) >= 11 is 0. The number of halogens is 1. The minimum absolute atomic E-state index is 0.141. The molecule has 0 radical (unpaired) electrons. The summed E-state index contributed by atoms with van der Waals surface area (Å²) in [5.41, 5.74) is 1.31. The number of imidazole rings is 1. The minimum Gasteiger partial charge on any atom is -0.444 e. The first kappa shape index (κ1) is 24.2. The second-order valence-corrected chi connectivity index (χ2v) is 10.1. The lowest BCUT2D eigenvalue weighted by molar-refractivity contribution is -0.0393. The summed E-state index contributed by atoms with van der Waals surface area (Å²) < 4.78 is 27.9. The molecular weight excluding hydrogens is 469 g/mol. The fourth-order valence-electron chi connectivity index (χ4n) is 4.53. The molecule has 192 valence electrons. The lowest BCUT2D eigenvalue weighted by atomic mass is 10.2. The third kappa shape index (κ3) is 4.90. The predicted molar refractivity (Wildman–Crippen MR) is 132 cm³/mol. The number of ether oxygens (including phenoxy) is 2. The van der Waals surface area contributed by atoms with Gasteiger partial charge in [-0.05, 0) is 51.3 Å². The molecular formula is C24H30FN7O4. The normalized spacial score (nSPS) is 19.1. The molecule has 36 heavy (non-hydrogen) atoms. The van der Waals surface area contributed by atoms with Crippen molar-refractivity contribution in [3.05, 3.63) is 29.1 Å². The van der Waals surface area contributed by atoms with Gasteiger partial charge in [-0.1, -0.05) is 0 Å². The number of amides is 1. The van der Waals surface area contributed by atoms with Gasteiger partial charge in [0.25, 0.3) is 0 Å². The minimum atomic E-state index is -0.567. The topological polar surface area (TPSA) is 118 Å². The lowest BCUT2D eigenvalue weighted by Gasteiger charge is -2.36. The van der Waals surface area contributed by atoms with Crippen molar-refractivity contribution in [1.29, 1.82) is 0 Å². The summed E-state index contributed by atoms with van der Waals surface area (Å²) in [6.07, 6.45) is 3.76. The van der Waals surface area contributed by atoms with Crippen LogP contribution in [-0.4, -0.2) is 69.1 Å². The molecule has 0 bridgehead atoms. The van der Waals surface area contributed by atoms with E-state index in [4.69, 9.17) is 9.47 Å². The largest absolute Gasteiger partial charge is 0.444 e. The van der Waals surface area contributed by atoms with Crippen molar-refractivity contribution in [1.82, 2.24) is 24.6 Å². The van der Waals surface area contributed by atoms with Gasteiger partial charge in [0.2, 0.25) is 0 Å². The zero-order valence-electron chi connectivity index (χ0n) is 20.7. The zero-order chi connectivity index (χ0) is 25.4. The van der Waals surface area contributed by atoms with Gasteiger partial charge in [0.05, 0.1) is 22.9 Å². The Kier molecular flexibility index (Phi) is 6.37. The van der Waals surface area contributed by atoms with Crippen LogP contribution >= 0.6 is 0 Å². The van der Waals surface area contributed by atoms with E-state index >= 15 is 4.39 Å². The Balaban J connectivity index is 1.36. The highest BCUT2D eigenvalue weighted by Crippen LogP contribution is 2.33. The van der Waals surface area contributed by atoms with Crippen molar-refractivity contribution in [3.63, 3.8) is 0 Å². The number of hydrogen-bond donors (Lipinski definition) is 1. The van der Waals surface area contributed by atoms with E-state index in [1.165, 1.54) is 6.07 Å². The van der Waals surface area contributed by atoms with Crippen LogP contribution in [-0.2, 0) is 9.47 Å². The molecule has 1 atom stereocenters. The number of piperazine rings is 1. The summed E-state index contributed by atoms with van der Waals surface area (Å²) in [5, 5.41) is 7.62. The Hall–Kier alpha value is -3.54. The average Bonchev–Trinajstić information content (AvgIpc) is 3.47. The molecule has 11 nitrogen and oxygen atoms in total. The van der Waals surface area contributed by atoms with Gasteiger partial charge in [0.15, 0.2) is 17.2 Å². The van der Waals surface area contributed by atoms with Crippen molar-refractivity contribution in [2.45, 2.75) is 51.9 Å². The Morgan fingerprint density at radius 3 is 2.67 bits per heavy atom. The number of hydrogen-bond acceptors (Lipinski definition) is 8. The number of anilines is 1. The quantitative estimate of drug-likeness (QED) is 0.516. The number of nitrogens with one attached hydrogen (secondary N) is 1. The van der Waals surface area contributed by atoms with E-state index in [1.54, 1.807) is 21.8 Å². The van der Waals surface area contributed by atoms with Crippen LogP contribution in [0.25, 0.3) is 22.6 Å². The first-order valence-electron chi connectivity index (χ1n) is 12.2. The van der Waals surface area contributed by atoms with Crippen molar-refractivity contribution < 1.29 is 18.7 Å². The Bertz CT molecular complexity index is 1270. The maximum atomic E-state index is 15.1. The van der Waals surface area contributed by atoms with E-state index in [9.17, 15) is 9.70 Å². The molecule has 12 heteroatoms. The van der Waals surface area contributed by atoms with Crippen LogP contribution in [0.1, 0.15) is 46.3 Å². The van der Waals surface area contributed by atoms with Crippen molar-refractivity contribution in [2.24, 2.45) is 5.18 Å². The second-order valence-electron chi connectivity index (χ2n) is 10.1. The van der Waals surface area contributed by atoms with Gasteiger partial charge in [0, 0.05) is 38.9 Å². The molecule has 2 aromatic heterocycles. The number of aromatic nitrogens is 4. The van der Waals surface area contributed by atoms with Crippen LogP contribution in [0.3, 0.4) is 0 Å². The van der Waals surface area contributed by atoms with Crippen LogP contribution < -0.4 is 4.90 Å². The average molecular weight is 500 g/mol. The number of carbonyl (C=O) groups is 1. The molecule has 1 N–H and O–H groups in total. The highest BCUT2D eigenvalue weighted by atomic mass is 19.1. The third-order valence-corrected chi connectivity index (χ3v) is 6.31. The Morgan fingerprint density at radius 1 is 1.22 bits per heavy atom. The van der Waals surface area contributed by atoms with Crippen LogP contribution in [0, 0.1) is 10.7 Å². The van der Waals surface area contributed by atoms with Crippen molar-refractivity contribution >= 4 is 28.5 Å². The number of benzene rings is 1. The monoisotopic (exact) mass is 499 g/mol. The summed E-state index contributed by atoms with van der Waals surface area (Å²) in [5.74, 6) is -0.0819. The van der Waals surface area contributed by atoms with Crippen LogP contribution in [0.4, 0.5) is 20.6 Å². The summed E-state index contributed by atoms with van der Waals surface area (Å²) in [6.45, 7) is 7.90. The summed E-state index contributed by atoms with van der Waals surface area (Å²) in [4.78, 5) is 35.0. The lowest BCUT2D eigenvalue weighted by Crippen LogP contribution is -2.50. The fourth-order valence-corrected chi connectivity index (χ4v) is 4.53. The molecule has 3 aromatic rings. The standard InChI is InChI=1S/C24H30FN7O4/c1-24(2,3)36-23(33)31-9-7-30(8-10-31)19-13-17-16(12-15(19)25)26-22(27-17)21-18(29-34)14-32(28-21)20-6-4-5-11-35-20/h12-14,20H,4-11H2,1-3H3,(H,26,27). The van der Waals surface area contributed by atoms with E-state index in [2.05, 4.69) is 20.2 Å². The van der Waals surface area contributed by atoms with E-state index in [0.717, 1.165) is 19.3 Å². The number of rotatable bonds is 4. The predicted octanol–water partition coefficient (Wildman–Crippen LogP) is 4.72. The molecule has 2 aliphatic rings. The first-order chi connectivity index (χ1) is 17.2. The van der Waals surface area contributed by atoms with E-state index in [0.29, 0.717) is 61.0 Å². The molecule has 1 aromatic carbocycles. The summed E-state index contributed by atoms with van der Waals surface area (Å²) in [6, 6.07) is 3.06. The van der Waals surface area contributed by atoms with Gasteiger partial charge in [0.1, 0.15) is 17.6 Å². The highest BCUT2D eigenvalue weighted by molar-refractivity contribution is 5.84.